The monoisotopic (exact) mass is 246 g/mol. The van der Waals surface area contributed by atoms with Crippen LogP contribution < -0.4 is 4.74 Å². The first-order valence-electron chi connectivity index (χ1n) is 4.17. The van der Waals surface area contributed by atoms with E-state index in [-0.39, 0.29) is 6.61 Å². The Labute approximate surface area is 86.0 Å². The Morgan fingerprint density at radius 2 is 2.00 bits per heavy atom. The number of alkyl halides is 2. The average Bonchev–Trinajstić information content (AvgIpc) is 2.15. The van der Waals surface area contributed by atoms with Crippen LogP contribution in [0.2, 0.25) is 0 Å². The highest BCUT2D eigenvalue weighted by Gasteiger charge is 2.00. The highest BCUT2D eigenvalue weighted by Crippen LogP contribution is 2.23. The number of hydrogen-bond donors (Lipinski definition) is 0. The largest absolute Gasteiger partial charge is 0.491 e. The molecule has 0 amide bonds. The Kier molecular flexibility index (Phi) is 4.22. The summed E-state index contributed by atoms with van der Waals surface area (Å²) in [4.78, 5) is 0.336. The molecule has 0 radical (unpaired) electrons. The van der Waals surface area contributed by atoms with E-state index < -0.39 is 6.67 Å². The molecule has 0 N–H and O–H groups in total. The van der Waals surface area contributed by atoms with Gasteiger partial charge < -0.3 is 4.74 Å². The van der Waals surface area contributed by atoms with Gasteiger partial charge in [0.25, 0.3) is 0 Å². The Morgan fingerprint density at radius 1 is 1.38 bits per heavy atom. The first kappa shape index (κ1) is 10.5. The van der Waals surface area contributed by atoms with Gasteiger partial charge in [-0.05, 0) is 24.6 Å². The third kappa shape index (κ3) is 3.35. The molecule has 1 nitrogen and oxygen atoms in total. The molecule has 0 aliphatic heterocycles. The van der Waals surface area contributed by atoms with Gasteiger partial charge in [-0.2, -0.15) is 0 Å². The second kappa shape index (κ2) is 5.22. The summed E-state index contributed by atoms with van der Waals surface area (Å²) in [7, 11) is 0. The molecule has 0 saturated carbocycles. The molecule has 3 heteroatoms. The summed E-state index contributed by atoms with van der Waals surface area (Å²) >= 11 is 3.46. The van der Waals surface area contributed by atoms with Gasteiger partial charge in [-0.25, -0.2) is 4.39 Å². The Bertz CT molecular complexity index is 246. The number of ether oxygens (including phenoxy) is 1. The van der Waals surface area contributed by atoms with E-state index in [0.29, 0.717) is 4.83 Å². The van der Waals surface area contributed by atoms with Crippen LogP contribution in [0.3, 0.4) is 0 Å². The molecule has 0 unspecified atom stereocenters. The molecular weight excluding hydrogens is 235 g/mol. The van der Waals surface area contributed by atoms with E-state index in [4.69, 9.17) is 4.74 Å². The molecule has 1 aromatic carbocycles. The van der Waals surface area contributed by atoms with Crippen molar-refractivity contribution in [1.29, 1.82) is 0 Å². The van der Waals surface area contributed by atoms with Crippen molar-refractivity contribution in [2.45, 2.75) is 11.8 Å². The van der Waals surface area contributed by atoms with Gasteiger partial charge in [0.15, 0.2) is 0 Å². The van der Waals surface area contributed by atoms with E-state index in [1.807, 2.05) is 24.3 Å². The van der Waals surface area contributed by atoms with E-state index in [9.17, 15) is 4.39 Å². The van der Waals surface area contributed by atoms with Crippen LogP contribution in [0.25, 0.3) is 0 Å². The Morgan fingerprint density at radius 3 is 2.46 bits per heavy atom. The van der Waals surface area contributed by atoms with E-state index in [0.717, 1.165) is 5.75 Å². The van der Waals surface area contributed by atoms with Crippen molar-refractivity contribution < 1.29 is 9.13 Å². The third-order valence-electron chi connectivity index (χ3n) is 1.69. The van der Waals surface area contributed by atoms with Crippen LogP contribution in [0.4, 0.5) is 4.39 Å². The second-order valence-corrected chi connectivity index (χ2v) is 4.10. The standard InChI is InChI=1S/C10H12BrFO/c1-8(11)9-2-4-10(5-3-9)13-7-6-12/h2-5,8H,6-7H2,1H3/t8-/m1/s1. The lowest BCUT2D eigenvalue weighted by Gasteiger charge is -2.06. The van der Waals surface area contributed by atoms with E-state index >= 15 is 0 Å². The molecule has 0 bridgehead atoms. The predicted molar refractivity (Wildman–Crippen MR) is 55.3 cm³/mol. The van der Waals surface area contributed by atoms with E-state index in [2.05, 4.69) is 22.9 Å². The minimum atomic E-state index is -0.448. The maximum atomic E-state index is 11.8. The quantitative estimate of drug-likeness (QED) is 0.740. The predicted octanol–water partition coefficient (Wildman–Crippen LogP) is 3.49. The summed E-state index contributed by atoms with van der Waals surface area (Å²) in [5.74, 6) is 0.717. The van der Waals surface area contributed by atoms with Crippen LogP contribution in [-0.2, 0) is 0 Å². The summed E-state index contributed by atoms with van der Waals surface area (Å²) in [6.45, 7) is 1.73. The molecule has 13 heavy (non-hydrogen) atoms. The number of benzene rings is 1. The Balaban J connectivity index is 2.59. The van der Waals surface area contributed by atoms with Gasteiger partial charge in [0.05, 0.1) is 0 Å². The van der Waals surface area contributed by atoms with E-state index in [1.54, 1.807) is 0 Å². The lowest BCUT2D eigenvalue weighted by molar-refractivity contribution is 0.273. The van der Waals surface area contributed by atoms with Crippen molar-refractivity contribution in [2.24, 2.45) is 0 Å². The molecule has 1 rings (SSSR count). The van der Waals surface area contributed by atoms with Crippen LogP contribution in [0.15, 0.2) is 24.3 Å². The van der Waals surface area contributed by atoms with Gasteiger partial charge in [0.2, 0.25) is 0 Å². The zero-order chi connectivity index (χ0) is 9.68. The lowest BCUT2D eigenvalue weighted by atomic mass is 10.2. The molecule has 0 spiro atoms. The molecule has 0 aliphatic rings. The van der Waals surface area contributed by atoms with Gasteiger partial charge in [-0.1, -0.05) is 28.1 Å². The SMILES string of the molecule is C[C@@H](Br)c1ccc(OCCF)cc1. The van der Waals surface area contributed by atoms with Crippen LogP contribution in [0.5, 0.6) is 5.75 Å². The molecule has 1 atom stereocenters. The fourth-order valence-corrected chi connectivity index (χ4v) is 1.29. The lowest BCUT2D eigenvalue weighted by Crippen LogP contribution is -1.98. The summed E-state index contributed by atoms with van der Waals surface area (Å²) in [6.07, 6.45) is 0. The zero-order valence-electron chi connectivity index (χ0n) is 7.47. The number of rotatable bonds is 4. The summed E-state index contributed by atoms with van der Waals surface area (Å²) in [5.41, 5.74) is 1.19. The van der Waals surface area contributed by atoms with Crippen LogP contribution in [-0.4, -0.2) is 13.3 Å². The molecule has 72 valence electrons. The van der Waals surface area contributed by atoms with Crippen LogP contribution in [0, 0.1) is 0 Å². The maximum Gasteiger partial charge on any atom is 0.123 e. The zero-order valence-corrected chi connectivity index (χ0v) is 9.05. The van der Waals surface area contributed by atoms with Gasteiger partial charge >= 0.3 is 0 Å². The van der Waals surface area contributed by atoms with Crippen molar-refractivity contribution in [2.75, 3.05) is 13.3 Å². The summed E-state index contributed by atoms with van der Waals surface area (Å²) in [6, 6.07) is 7.63. The molecular formula is C10H12BrFO. The Hall–Kier alpha value is -0.570. The molecule has 0 fully saturated rings. The minimum Gasteiger partial charge on any atom is -0.491 e. The van der Waals surface area contributed by atoms with Crippen molar-refractivity contribution in [1.82, 2.24) is 0 Å². The molecule has 0 heterocycles. The minimum absolute atomic E-state index is 0.128. The van der Waals surface area contributed by atoms with Gasteiger partial charge in [-0.3, -0.25) is 0 Å². The second-order valence-electron chi connectivity index (χ2n) is 2.72. The first-order chi connectivity index (χ1) is 6.24. The fraction of sp³-hybridized carbons (Fsp3) is 0.400. The fourth-order valence-electron chi connectivity index (χ4n) is 0.986. The summed E-state index contributed by atoms with van der Waals surface area (Å²) in [5, 5.41) is 0. The van der Waals surface area contributed by atoms with Gasteiger partial charge in [0.1, 0.15) is 19.0 Å². The van der Waals surface area contributed by atoms with Gasteiger partial charge in [0, 0.05) is 4.83 Å². The topological polar surface area (TPSA) is 9.23 Å². The maximum absolute atomic E-state index is 11.8. The number of halogens is 2. The van der Waals surface area contributed by atoms with Crippen molar-refractivity contribution in [3.63, 3.8) is 0 Å². The molecule has 0 saturated heterocycles. The highest BCUT2D eigenvalue weighted by atomic mass is 79.9. The van der Waals surface area contributed by atoms with Crippen molar-refractivity contribution >= 4 is 15.9 Å². The molecule has 0 aromatic heterocycles. The van der Waals surface area contributed by atoms with Crippen molar-refractivity contribution in [3.8, 4) is 5.75 Å². The third-order valence-corrected chi connectivity index (χ3v) is 2.21. The molecule has 1 aromatic rings. The summed E-state index contributed by atoms with van der Waals surface area (Å²) < 4.78 is 16.9. The highest BCUT2D eigenvalue weighted by molar-refractivity contribution is 9.09. The van der Waals surface area contributed by atoms with Crippen molar-refractivity contribution in [3.05, 3.63) is 29.8 Å². The number of hydrogen-bond acceptors (Lipinski definition) is 1. The normalized spacial score (nSPS) is 12.5. The molecule has 0 aliphatic carbocycles. The first-order valence-corrected chi connectivity index (χ1v) is 5.08. The van der Waals surface area contributed by atoms with E-state index in [1.165, 1.54) is 5.56 Å². The van der Waals surface area contributed by atoms with Crippen LogP contribution >= 0.6 is 15.9 Å². The average molecular weight is 247 g/mol. The van der Waals surface area contributed by atoms with Gasteiger partial charge in [-0.15, -0.1) is 0 Å². The van der Waals surface area contributed by atoms with Crippen LogP contribution in [0.1, 0.15) is 17.3 Å². The smallest absolute Gasteiger partial charge is 0.123 e.